The first-order valence-electron chi connectivity index (χ1n) is 9.15. The zero-order chi connectivity index (χ0) is 18.0. The van der Waals surface area contributed by atoms with Crippen LogP contribution in [0.4, 0.5) is 0 Å². The Morgan fingerprint density at radius 2 is 1.96 bits per heavy atom. The van der Waals surface area contributed by atoms with Crippen molar-refractivity contribution in [3.05, 3.63) is 0 Å². The molecule has 6 nitrogen and oxygen atoms in total. The highest BCUT2D eigenvalue weighted by Gasteiger charge is 2.33. The van der Waals surface area contributed by atoms with E-state index in [1.54, 1.807) is 0 Å². The van der Waals surface area contributed by atoms with Crippen LogP contribution in [-0.4, -0.2) is 73.1 Å². The molecule has 2 aliphatic rings. The van der Waals surface area contributed by atoms with E-state index in [-0.39, 0.29) is 11.1 Å². The third kappa shape index (κ3) is 5.02. The summed E-state index contributed by atoms with van der Waals surface area (Å²) < 4.78 is 0. The minimum Gasteiger partial charge on any atom is -0.356 e. The number of nitrogens with zero attached hydrogens (tertiary/aromatic N) is 4. The summed E-state index contributed by atoms with van der Waals surface area (Å²) in [5.41, 5.74) is 0.0166. The molecule has 1 saturated heterocycles. The summed E-state index contributed by atoms with van der Waals surface area (Å²) in [7, 11) is 4.29. The van der Waals surface area contributed by atoms with Crippen LogP contribution < -0.4 is 10.6 Å². The van der Waals surface area contributed by atoms with Gasteiger partial charge in [-0.25, -0.2) is 4.99 Å². The quantitative estimate of drug-likeness (QED) is 0.824. The Kier molecular flexibility index (Phi) is 5.66. The summed E-state index contributed by atoms with van der Waals surface area (Å²) >= 11 is 0. The fourth-order valence-corrected chi connectivity index (χ4v) is 3.36. The molecule has 0 aromatic heterocycles. The van der Waals surface area contributed by atoms with Gasteiger partial charge in [0.1, 0.15) is 0 Å². The van der Waals surface area contributed by atoms with Crippen LogP contribution in [0.1, 0.15) is 47.5 Å². The van der Waals surface area contributed by atoms with E-state index in [9.17, 15) is 0 Å². The standard InChI is InChI=1S/C18H36N6/c1-17(2,3)22-16-21-12-14(13-23(16)6)11-18(4,5)24(7)15-19-9-8-10-20-15/h14H,8-13H2,1-7H3,(H,19,20)(H,21,22). The van der Waals surface area contributed by atoms with E-state index >= 15 is 0 Å². The summed E-state index contributed by atoms with van der Waals surface area (Å²) in [5.74, 6) is 2.65. The largest absolute Gasteiger partial charge is 0.356 e. The predicted octanol–water partition coefficient (Wildman–Crippen LogP) is 1.74. The molecule has 0 saturated carbocycles. The van der Waals surface area contributed by atoms with E-state index in [1.165, 1.54) is 0 Å². The molecule has 0 bridgehead atoms. The van der Waals surface area contributed by atoms with Crippen molar-refractivity contribution >= 4 is 11.9 Å². The van der Waals surface area contributed by atoms with E-state index in [4.69, 9.17) is 4.99 Å². The lowest BCUT2D eigenvalue weighted by atomic mass is 9.88. The van der Waals surface area contributed by atoms with Gasteiger partial charge in [-0.1, -0.05) is 0 Å². The van der Waals surface area contributed by atoms with Gasteiger partial charge in [0.15, 0.2) is 11.9 Å². The van der Waals surface area contributed by atoms with Gasteiger partial charge in [-0.3, -0.25) is 4.99 Å². The highest BCUT2D eigenvalue weighted by atomic mass is 15.3. The van der Waals surface area contributed by atoms with Crippen molar-refractivity contribution < 1.29 is 0 Å². The van der Waals surface area contributed by atoms with Crippen molar-refractivity contribution in [1.82, 2.24) is 20.4 Å². The number of guanidine groups is 2. The molecular formula is C18H36N6. The maximum atomic E-state index is 4.78. The Morgan fingerprint density at radius 1 is 1.25 bits per heavy atom. The van der Waals surface area contributed by atoms with Crippen LogP contribution in [0.5, 0.6) is 0 Å². The molecule has 0 aliphatic carbocycles. The molecule has 0 amide bonds. The lowest BCUT2D eigenvalue weighted by Crippen LogP contribution is -2.56. The van der Waals surface area contributed by atoms with Gasteiger partial charge in [0.2, 0.25) is 0 Å². The van der Waals surface area contributed by atoms with Gasteiger partial charge in [-0.15, -0.1) is 0 Å². The average Bonchev–Trinajstić information content (AvgIpc) is 2.48. The topological polar surface area (TPSA) is 55.3 Å². The number of nitrogens with one attached hydrogen (secondary N) is 2. The fourth-order valence-electron chi connectivity index (χ4n) is 3.36. The minimum absolute atomic E-state index is 0.0479. The number of hydrogen-bond donors (Lipinski definition) is 2. The van der Waals surface area contributed by atoms with Gasteiger partial charge in [0.05, 0.1) is 5.54 Å². The molecule has 0 aromatic rings. The molecule has 0 spiro atoms. The van der Waals surface area contributed by atoms with Crippen molar-refractivity contribution in [3.8, 4) is 0 Å². The third-order valence-corrected chi connectivity index (χ3v) is 4.78. The summed E-state index contributed by atoms with van der Waals surface area (Å²) in [5, 5.41) is 6.96. The summed E-state index contributed by atoms with van der Waals surface area (Å²) in [4.78, 5) is 14.0. The van der Waals surface area contributed by atoms with Crippen LogP contribution in [0.15, 0.2) is 9.98 Å². The molecule has 0 aromatic carbocycles. The van der Waals surface area contributed by atoms with Crippen molar-refractivity contribution in [1.29, 1.82) is 0 Å². The second-order valence-corrected chi connectivity index (χ2v) is 8.79. The Balaban J connectivity index is 1.96. The first-order chi connectivity index (χ1) is 11.1. The molecular weight excluding hydrogens is 300 g/mol. The zero-order valence-corrected chi connectivity index (χ0v) is 16.6. The molecule has 1 unspecified atom stereocenters. The maximum absolute atomic E-state index is 4.78. The van der Waals surface area contributed by atoms with Crippen LogP contribution in [0, 0.1) is 5.92 Å². The summed E-state index contributed by atoms with van der Waals surface area (Å²) in [6.45, 7) is 15.0. The normalized spacial score (nSPS) is 24.3. The Hall–Kier alpha value is -1.46. The molecule has 1 atom stereocenters. The molecule has 138 valence electrons. The van der Waals surface area contributed by atoms with E-state index in [0.29, 0.717) is 5.92 Å². The lowest BCUT2D eigenvalue weighted by Gasteiger charge is -2.43. The second-order valence-electron chi connectivity index (χ2n) is 8.79. The van der Waals surface area contributed by atoms with Gasteiger partial charge in [0.25, 0.3) is 0 Å². The van der Waals surface area contributed by atoms with Crippen molar-refractivity contribution in [2.45, 2.75) is 58.5 Å². The van der Waals surface area contributed by atoms with Crippen LogP contribution in [0.2, 0.25) is 0 Å². The van der Waals surface area contributed by atoms with Gasteiger partial charge in [-0.2, -0.15) is 0 Å². The Bertz CT molecular complexity index is 488. The summed E-state index contributed by atoms with van der Waals surface area (Å²) in [6, 6.07) is 0. The van der Waals surface area contributed by atoms with Gasteiger partial charge in [0, 0.05) is 45.8 Å². The zero-order valence-electron chi connectivity index (χ0n) is 16.6. The van der Waals surface area contributed by atoms with Gasteiger partial charge < -0.3 is 20.4 Å². The molecule has 24 heavy (non-hydrogen) atoms. The third-order valence-electron chi connectivity index (χ3n) is 4.78. The van der Waals surface area contributed by atoms with E-state index in [0.717, 1.165) is 50.9 Å². The van der Waals surface area contributed by atoms with Crippen LogP contribution in [0.25, 0.3) is 0 Å². The van der Waals surface area contributed by atoms with Crippen molar-refractivity contribution in [2.75, 3.05) is 40.3 Å². The van der Waals surface area contributed by atoms with Crippen LogP contribution in [0.3, 0.4) is 0 Å². The first-order valence-corrected chi connectivity index (χ1v) is 9.15. The number of hydrogen-bond acceptors (Lipinski definition) is 4. The number of rotatable bonds is 3. The maximum Gasteiger partial charge on any atom is 0.194 e. The van der Waals surface area contributed by atoms with E-state index in [1.807, 2.05) is 0 Å². The molecule has 1 fully saturated rings. The monoisotopic (exact) mass is 336 g/mol. The molecule has 2 heterocycles. The average molecular weight is 337 g/mol. The highest BCUT2D eigenvalue weighted by Crippen LogP contribution is 2.25. The highest BCUT2D eigenvalue weighted by molar-refractivity contribution is 5.81. The predicted molar refractivity (Wildman–Crippen MR) is 103 cm³/mol. The Morgan fingerprint density at radius 3 is 2.50 bits per heavy atom. The smallest absolute Gasteiger partial charge is 0.194 e. The first kappa shape index (κ1) is 18.9. The minimum atomic E-state index is -0.0479. The molecule has 2 aliphatic heterocycles. The molecule has 0 radical (unpaired) electrons. The number of aliphatic imine (C=N–C) groups is 2. The van der Waals surface area contributed by atoms with E-state index in [2.05, 4.69) is 74.1 Å². The Labute approximate surface area is 147 Å². The molecule has 2 rings (SSSR count). The molecule has 6 heteroatoms. The van der Waals surface area contributed by atoms with Gasteiger partial charge in [-0.05, 0) is 53.4 Å². The van der Waals surface area contributed by atoms with Crippen LogP contribution >= 0.6 is 0 Å². The van der Waals surface area contributed by atoms with Crippen molar-refractivity contribution in [2.24, 2.45) is 15.9 Å². The molecule has 2 N–H and O–H groups in total. The van der Waals surface area contributed by atoms with Gasteiger partial charge >= 0.3 is 0 Å². The fraction of sp³-hybridized carbons (Fsp3) is 0.889. The SMILES string of the molecule is CN1CC(CC(C)(C)N(C)C2=NCCCN2)CNC1=NC(C)(C)C. The summed E-state index contributed by atoms with van der Waals surface area (Å²) in [6.07, 6.45) is 2.25. The lowest BCUT2D eigenvalue weighted by molar-refractivity contribution is 0.173. The van der Waals surface area contributed by atoms with Crippen molar-refractivity contribution in [3.63, 3.8) is 0 Å². The van der Waals surface area contributed by atoms with E-state index < -0.39 is 0 Å². The van der Waals surface area contributed by atoms with Crippen LogP contribution in [-0.2, 0) is 0 Å². The second kappa shape index (κ2) is 7.19.